The van der Waals surface area contributed by atoms with E-state index in [1.54, 1.807) is 42.5 Å². The molecule has 0 spiro atoms. The van der Waals surface area contributed by atoms with E-state index in [2.05, 4.69) is 21.2 Å². The summed E-state index contributed by atoms with van der Waals surface area (Å²) in [6.45, 7) is -0.0327. The van der Waals surface area contributed by atoms with E-state index < -0.39 is 15.1 Å². The third kappa shape index (κ3) is 4.45. The minimum atomic E-state index is -3.71. The fourth-order valence-electron chi connectivity index (χ4n) is 2.69. The Morgan fingerprint density at radius 1 is 1.11 bits per heavy atom. The molecule has 146 valence electrons. The largest absolute Gasteiger partial charge is 0.497 e. The standard InChI is InChI=1S/C20H18BrNO4S2/c1-26-14-8-10-15(11-9-14)28(24,25)19(18-7-4-12-27-18)13-22-20(23)16-5-2-3-6-17(16)21/h2-12,19H,13H2,1H3,(H,22,23)/t19-/m1/s1. The molecule has 1 amide bonds. The first-order chi connectivity index (χ1) is 13.4. The van der Waals surface area contributed by atoms with E-state index >= 15 is 0 Å². The molecule has 0 saturated carbocycles. The zero-order valence-corrected chi connectivity index (χ0v) is 18.2. The van der Waals surface area contributed by atoms with Crippen LogP contribution in [-0.4, -0.2) is 28.0 Å². The summed E-state index contributed by atoms with van der Waals surface area (Å²) in [5, 5.41) is 3.70. The number of benzene rings is 2. The Kier molecular flexibility index (Phi) is 6.53. The maximum atomic E-state index is 13.3. The third-order valence-electron chi connectivity index (χ3n) is 4.19. The molecular formula is C20H18BrNO4S2. The molecule has 3 aromatic rings. The van der Waals surface area contributed by atoms with Crippen LogP contribution in [0.4, 0.5) is 0 Å². The lowest BCUT2D eigenvalue weighted by molar-refractivity contribution is 0.0953. The van der Waals surface area contributed by atoms with Crippen LogP contribution in [0.1, 0.15) is 20.5 Å². The Morgan fingerprint density at radius 3 is 2.43 bits per heavy atom. The summed E-state index contributed by atoms with van der Waals surface area (Å²) in [5.41, 5.74) is 0.453. The first-order valence-corrected chi connectivity index (χ1v) is 11.6. The highest BCUT2D eigenvalue weighted by molar-refractivity contribution is 9.10. The van der Waals surface area contributed by atoms with Crippen LogP contribution in [0.25, 0.3) is 0 Å². The number of nitrogens with one attached hydrogen (secondary N) is 1. The average molecular weight is 480 g/mol. The van der Waals surface area contributed by atoms with Gasteiger partial charge in [-0.3, -0.25) is 4.79 Å². The SMILES string of the molecule is COc1ccc(S(=O)(=O)[C@H](CNC(=O)c2ccccc2Br)c2cccs2)cc1. The number of amides is 1. The van der Waals surface area contributed by atoms with Crippen LogP contribution in [0.5, 0.6) is 5.75 Å². The van der Waals surface area contributed by atoms with Crippen LogP contribution < -0.4 is 10.1 Å². The predicted molar refractivity (Wildman–Crippen MR) is 114 cm³/mol. The number of hydrogen-bond donors (Lipinski definition) is 1. The van der Waals surface area contributed by atoms with E-state index in [9.17, 15) is 13.2 Å². The van der Waals surface area contributed by atoms with E-state index in [1.165, 1.54) is 30.6 Å². The minimum Gasteiger partial charge on any atom is -0.497 e. The molecule has 1 atom stereocenters. The van der Waals surface area contributed by atoms with Gasteiger partial charge in [-0.25, -0.2) is 8.42 Å². The van der Waals surface area contributed by atoms with E-state index in [0.29, 0.717) is 20.7 Å². The fourth-order valence-corrected chi connectivity index (χ4v) is 5.94. The number of halogens is 1. The van der Waals surface area contributed by atoms with Gasteiger partial charge in [0.15, 0.2) is 9.84 Å². The lowest BCUT2D eigenvalue weighted by Crippen LogP contribution is -2.31. The Balaban J connectivity index is 1.87. The summed E-state index contributed by atoms with van der Waals surface area (Å²) >= 11 is 4.69. The van der Waals surface area contributed by atoms with Crippen molar-refractivity contribution in [3.05, 3.63) is 81.0 Å². The molecule has 3 rings (SSSR count). The summed E-state index contributed by atoms with van der Waals surface area (Å²) in [4.78, 5) is 13.4. The number of carbonyl (C=O) groups is 1. The number of sulfone groups is 1. The monoisotopic (exact) mass is 479 g/mol. The maximum Gasteiger partial charge on any atom is 0.252 e. The second-order valence-corrected chi connectivity index (χ2v) is 9.88. The van der Waals surface area contributed by atoms with Crippen LogP contribution in [-0.2, 0) is 9.84 Å². The Morgan fingerprint density at radius 2 is 1.82 bits per heavy atom. The molecule has 0 unspecified atom stereocenters. The van der Waals surface area contributed by atoms with Gasteiger partial charge in [0.1, 0.15) is 11.0 Å². The molecule has 5 nitrogen and oxygen atoms in total. The van der Waals surface area contributed by atoms with Gasteiger partial charge in [-0.15, -0.1) is 11.3 Å². The van der Waals surface area contributed by atoms with Crippen molar-refractivity contribution in [3.63, 3.8) is 0 Å². The number of rotatable bonds is 7. The van der Waals surface area contributed by atoms with Crippen molar-refractivity contribution in [2.24, 2.45) is 0 Å². The van der Waals surface area contributed by atoms with E-state index in [4.69, 9.17) is 4.74 Å². The maximum absolute atomic E-state index is 13.3. The zero-order chi connectivity index (χ0) is 20.1. The number of ether oxygens (including phenoxy) is 1. The Bertz CT molecular complexity index is 1050. The smallest absolute Gasteiger partial charge is 0.252 e. The van der Waals surface area contributed by atoms with Gasteiger partial charge in [-0.2, -0.15) is 0 Å². The Hall–Kier alpha value is -2.16. The Labute approximate surface area is 176 Å². The van der Waals surface area contributed by atoms with Crippen LogP contribution in [0.15, 0.2) is 75.4 Å². The molecule has 2 aromatic carbocycles. The van der Waals surface area contributed by atoms with Crippen molar-refractivity contribution in [2.45, 2.75) is 10.1 Å². The number of carbonyl (C=O) groups excluding carboxylic acids is 1. The van der Waals surface area contributed by atoms with E-state index in [0.717, 1.165) is 0 Å². The van der Waals surface area contributed by atoms with Crippen LogP contribution >= 0.6 is 27.3 Å². The summed E-state index contributed by atoms with van der Waals surface area (Å²) in [7, 11) is -2.19. The van der Waals surface area contributed by atoms with Gasteiger partial charge in [0.2, 0.25) is 0 Å². The van der Waals surface area contributed by atoms with Gasteiger partial charge < -0.3 is 10.1 Å². The first-order valence-electron chi connectivity index (χ1n) is 8.37. The molecule has 0 fully saturated rings. The van der Waals surface area contributed by atoms with Crippen molar-refractivity contribution >= 4 is 43.0 Å². The van der Waals surface area contributed by atoms with Gasteiger partial charge in [0.25, 0.3) is 5.91 Å². The second-order valence-electron chi connectivity index (χ2n) is 5.91. The normalized spacial score (nSPS) is 12.4. The molecule has 0 bridgehead atoms. The lowest BCUT2D eigenvalue weighted by atomic mass is 10.2. The molecule has 0 aliphatic carbocycles. The fraction of sp³-hybridized carbons (Fsp3) is 0.150. The van der Waals surface area contributed by atoms with Gasteiger partial charge in [0, 0.05) is 15.9 Å². The highest BCUT2D eigenvalue weighted by Crippen LogP contribution is 2.32. The van der Waals surface area contributed by atoms with Gasteiger partial charge in [0.05, 0.1) is 17.6 Å². The molecule has 1 aromatic heterocycles. The molecule has 0 aliphatic rings. The highest BCUT2D eigenvalue weighted by atomic mass is 79.9. The van der Waals surface area contributed by atoms with Crippen LogP contribution in [0.2, 0.25) is 0 Å². The number of hydrogen-bond acceptors (Lipinski definition) is 5. The van der Waals surface area contributed by atoms with Gasteiger partial charge >= 0.3 is 0 Å². The zero-order valence-electron chi connectivity index (χ0n) is 15.0. The topological polar surface area (TPSA) is 72.5 Å². The molecule has 0 saturated heterocycles. The molecule has 0 radical (unpaired) electrons. The summed E-state index contributed by atoms with van der Waals surface area (Å²) < 4.78 is 32.3. The third-order valence-corrected chi connectivity index (χ3v) is 8.12. The molecule has 0 aliphatic heterocycles. The van der Waals surface area contributed by atoms with E-state index in [-0.39, 0.29) is 17.3 Å². The van der Waals surface area contributed by atoms with Crippen molar-refractivity contribution < 1.29 is 17.9 Å². The molecule has 1 heterocycles. The quantitative estimate of drug-likeness (QED) is 0.542. The van der Waals surface area contributed by atoms with Crippen LogP contribution in [0.3, 0.4) is 0 Å². The number of methoxy groups -OCH3 is 1. The summed E-state index contributed by atoms with van der Waals surface area (Å²) in [6.07, 6.45) is 0. The van der Waals surface area contributed by atoms with Crippen molar-refractivity contribution in [1.29, 1.82) is 0 Å². The minimum absolute atomic E-state index is 0.0327. The summed E-state index contributed by atoms with van der Waals surface area (Å²) in [5.74, 6) is 0.243. The van der Waals surface area contributed by atoms with Crippen molar-refractivity contribution in [1.82, 2.24) is 5.32 Å². The highest BCUT2D eigenvalue weighted by Gasteiger charge is 2.30. The molecule has 1 N–H and O–H groups in total. The second kappa shape index (κ2) is 8.89. The van der Waals surface area contributed by atoms with E-state index in [1.807, 2.05) is 11.4 Å². The van der Waals surface area contributed by atoms with Crippen molar-refractivity contribution in [2.75, 3.05) is 13.7 Å². The van der Waals surface area contributed by atoms with Gasteiger partial charge in [-0.1, -0.05) is 18.2 Å². The van der Waals surface area contributed by atoms with Crippen molar-refractivity contribution in [3.8, 4) is 5.75 Å². The molecule has 8 heteroatoms. The first kappa shape index (κ1) is 20.6. The van der Waals surface area contributed by atoms with Gasteiger partial charge in [-0.05, 0) is 63.8 Å². The molecular weight excluding hydrogens is 462 g/mol. The predicted octanol–water partition coefficient (Wildman–Crippen LogP) is 4.46. The molecule has 28 heavy (non-hydrogen) atoms. The lowest BCUT2D eigenvalue weighted by Gasteiger charge is -2.18. The van der Waals surface area contributed by atoms with Crippen LogP contribution in [0, 0.1) is 0 Å². The average Bonchev–Trinajstić information content (AvgIpc) is 3.22. The number of thiophene rings is 1. The summed E-state index contributed by atoms with van der Waals surface area (Å²) in [6, 6.07) is 16.8.